The van der Waals surface area contributed by atoms with Crippen LogP contribution in [0, 0.1) is 11.6 Å². The maximum Gasteiger partial charge on any atom is 0.264 e. The maximum absolute atomic E-state index is 14.0. The Labute approximate surface area is 249 Å². The molecule has 43 heavy (non-hydrogen) atoms. The Morgan fingerprint density at radius 2 is 1.51 bits per heavy atom. The van der Waals surface area contributed by atoms with Crippen LogP contribution in [-0.4, -0.2) is 57.0 Å². The van der Waals surface area contributed by atoms with Crippen molar-refractivity contribution in [2.45, 2.75) is 56.1 Å². The van der Waals surface area contributed by atoms with Gasteiger partial charge in [0.2, 0.25) is 11.8 Å². The van der Waals surface area contributed by atoms with E-state index in [1.165, 1.54) is 59.5 Å². The highest BCUT2D eigenvalue weighted by Gasteiger charge is 2.34. The number of ether oxygens (including phenoxy) is 2. The zero-order valence-electron chi connectivity index (χ0n) is 23.7. The Morgan fingerprint density at radius 3 is 2.16 bits per heavy atom. The van der Waals surface area contributed by atoms with Gasteiger partial charge >= 0.3 is 0 Å². The first-order valence-corrected chi connectivity index (χ1v) is 15.6. The van der Waals surface area contributed by atoms with Crippen molar-refractivity contribution in [2.75, 3.05) is 24.1 Å². The molecule has 1 heterocycles. The lowest BCUT2D eigenvalue weighted by molar-refractivity contribution is -0.139. The van der Waals surface area contributed by atoms with Gasteiger partial charge in [-0.2, -0.15) is 0 Å². The average molecular weight is 614 g/mol. The quantitative estimate of drug-likeness (QED) is 0.363. The third-order valence-electron chi connectivity index (χ3n) is 7.63. The summed E-state index contributed by atoms with van der Waals surface area (Å²) in [4.78, 5) is 28.4. The van der Waals surface area contributed by atoms with Gasteiger partial charge in [-0.25, -0.2) is 17.2 Å². The van der Waals surface area contributed by atoms with E-state index in [0.717, 1.165) is 42.1 Å². The second-order valence-electron chi connectivity index (χ2n) is 10.6. The molecule has 2 aliphatic rings. The zero-order valence-corrected chi connectivity index (χ0v) is 24.5. The Kier molecular flexibility index (Phi) is 9.14. The van der Waals surface area contributed by atoms with Crippen molar-refractivity contribution in [2.24, 2.45) is 0 Å². The molecule has 3 aromatic rings. The summed E-state index contributed by atoms with van der Waals surface area (Å²) >= 11 is 0. The topological polar surface area (TPSA) is 105 Å². The molecule has 1 atom stereocenters. The molecule has 9 nitrogen and oxygen atoms in total. The summed E-state index contributed by atoms with van der Waals surface area (Å²) in [5.74, 6) is -1.45. The van der Waals surface area contributed by atoms with Gasteiger partial charge in [-0.05, 0) is 73.9 Å². The van der Waals surface area contributed by atoms with E-state index in [4.69, 9.17) is 9.47 Å². The van der Waals surface area contributed by atoms with Crippen molar-refractivity contribution in [3.8, 4) is 11.5 Å². The SMILES string of the molecule is CC(C(=O)NC1CCCC1)N(Cc1ccc(F)cc1)C(=O)CN(c1ccc(F)cc1)S(=O)(=O)c1ccc2c(c1)OCCO2. The molecular formula is C31H33F2N3O6S. The first kappa shape index (κ1) is 30.3. The molecule has 0 aromatic heterocycles. The van der Waals surface area contributed by atoms with E-state index in [0.29, 0.717) is 17.9 Å². The minimum absolute atomic E-state index is 0.00372. The molecular weight excluding hydrogens is 580 g/mol. The van der Waals surface area contributed by atoms with Crippen molar-refractivity contribution in [3.05, 3.63) is 83.9 Å². The smallest absolute Gasteiger partial charge is 0.264 e. The number of fused-ring (bicyclic) bond motifs is 1. The molecule has 1 unspecified atom stereocenters. The summed E-state index contributed by atoms with van der Waals surface area (Å²) in [7, 11) is -4.39. The van der Waals surface area contributed by atoms with Gasteiger partial charge in [-0.15, -0.1) is 0 Å². The predicted octanol–water partition coefficient (Wildman–Crippen LogP) is 4.41. The molecule has 1 aliphatic carbocycles. The fourth-order valence-electron chi connectivity index (χ4n) is 5.21. The summed E-state index contributed by atoms with van der Waals surface area (Å²) in [5, 5.41) is 2.99. The van der Waals surface area contributed by atoms with E-state index in [1.54, 1.807) is 6.92 Å². The molecule has 0 bridgehead atoms. The Bertz CT molecular complexity index is 1560. The highest BCUT2D eigenvalue weighted by Crippen LogP contribution is 2.34. The van der Waals surface area contributed by atoms with Crippen molar-refractivity contribution in [3.63, 3.8) is 0 Å². The largest absolute Gasteiger partial charge is 0.486 e. The number of carbonyl (C=O) groups excluding carboxylic acids is 2. The molecule has 0 spiro atoms. The van der Waals surface area contributed by atoms with Crippen LogP contribution in [0.2, 0.25) is 0 Å². The number of hydrogen-bond acceptors (Lipinski definition) is 6. The number of rotatable bonds is 10. The zero-order chi connectivity index (χ0) is 30.6. The van der Waals surface area contributed by atoms with Crippen LogP contribution in [0.15, 0.2) is 71.6 Å². The van der Waals surface area contributed by atoms with Gasteiger partial charge in [0.05, 0.1) is 10.6 Å². The fourth-order valence-corrected chi connectivity index (χ4v) is 6.64. The highest BCUT2D eigenvalue weighted by atomic mass is 32.2. The number of anilines is 1. The molecule has 1 saturated carbocycles. The molecule has 5 rings (SSSR count). The molecule has 3 aromatic carbocycles. The lowest BCUT2D eigenvalue weighted by Gasteiger charge is -2.32. The average Bonchev–Trinajstić information content (AvgIpc) is 3.52. The number of sulfonamides is 1. The maximum atomic E-state index is 14.0. The molecule has 0 radical (unpaired) electrons. The third-order valence-corrected chi connectivity index (χ3v) is 9.40. The van der Waals surface area contributed by atoms with Gasteiger partial charge in [0.1, 0.15) is 37.4 Å². The molecule has 0 saturated heterocycles. The third kappa shape index (κ3) is 7.07. The Morgan fingerprint density at radius 1 is 0.907 bits per heavy atom. The summed E-state index contributed by atoms with van der Waals surface area (Å²) < 4.78 is 67.5. The molecule has 1 aliphatic heterocycles. The number of nitrogens with one attached hydrogen (secondary N) is 1. The predicted molar refractivity (Wildman–Crippen MR) is 155 cm³/mol. The minimum atomic E-state index is -4.39. The van der Waals surface area contributed by atoms with Gasteiger partial charge in [-0.1, -0.05) is 25.0 Å². The van der Waals surface area contributed by atoms with E-state index >= 15 is 0 Å². The number of benzene rings is 3. The van der Waals surface area contributed by atoms with Crippen LogP contribution in [-0.2, 0) is 26.2 Å². The van der Waals surface area contributed by atoms with Gasteiger partial charge < -0.3 is 19.7 Å². The first-order valence-electron chi connectivity index (χ1n) is 14.1. The van der Waals surface area contributed by atoms with Gasteiger partial charge in [0, 0.05) is 18.7 Å². The van der Waals surface area contributed by atoms with Gasteiger partial charge in [0.25, 0.3) is 10.0 Å². The van der Waals surface area contributed by atoms with Gasteiger partial charge in [-0.3, -0.25) is 13.9 Å². The van der Waals surface area contributed by atoms with Crippen LogP contribution < -0.4 is 19.1 Å². The molecule has 1 fully saturated rings. The lowest BCUT2D eigenvalue weighted by atomic mass is 10.1. The van der Waals surface area contributed by atoms with E-state index < -0.39 is 40.2 Å². The molecule has 228 valence electrons. The number of halogens is 2. The standard InChI is InChI=1S/C31H33F2N3O6S/c1-21(31(38)34-25-4-2-3-5-25)35(19-22-6-8-23(32)9-7-22)30(37)20-36(26-12-10-24(33)11-13-26)43(39,40)27-14-15-28-29(18-27)42-17-16-41-28/h6-15,18,21,25H,2-5,16-17,19-20H2,1H3,(H,34,38). The highest BCUT2D eigenvalue weighted by molar-refractivity contribution is 7.92. The number of nitrogens with zero attached hydrogens (tertiary/aromatic N) is 2. The fraction of sp³-hybridized carbons (Fsp3) is 0.355. The molecule has 1 N–H and O–H groups in total. The second kappa shape index (κ2) is 13.0. The second-order valence-corrected chi connectivity index (χ2v) is 12.5. The van der Waals surface area contributed by atoms with Crippen LogP contribution in [0.25, 0.3) is 0 Å². The number of hydrogen-bond donors (Lipinski definition) is 1. The Balaban J connectivity index is 1.48. The normalized spacial score (nSPS) is 15.5. The summed E-state index contributed by atoms with van der Waals surface area (Å²) in [6.45, 7) is 1.38. The van der Waals surface area contributed by atoms with E-state index in [9.17, 15) is 26.8 Å². The van der Waals surface area contributed by atoms with Crippen LogP contribution >= 0.6 is 0 Å². The van der Waals surface area contributed by atoms with Crippen molar-refractivity contribution < 1.29 is 36.3 Å². The summed E-state index contributed by atoms with van der Waals surface area (Å²) in [5.41, 5.74) is 0.604. The number of amides is 2. The van der Waals surface area contributed by atoms with Crippen LogP contribution in [0.1, 0.15) is 38.2 Å². The van der Waals surface area contributed by atoms with E-state index in [1.807, 2.05) is 0 Å². The minimum Gasteiger partial charge on any atom is -0.486 e. The first-order chi connectivity index (χ1) is 20.6. The van der Waals surface area contributed by atoms with E-state index in [2.05, 4.69) is 5.32 Å². The van der Waals surface area contributed by atoms with Crippen LogP contribution in [0.4, 0.5) is 14.5 Å². The van der Waals surface area contributed by atoms with Gasteiger partial charge in [0.15, 0.2) is 11.5 Å². The Hall–Kier alpha value is -4.19. The number of carbonyl (C=O) groups is 2. The molecule has 12 heteroatoms. The van der Waals surface area contributed by atoms with Crippen molar-refractivity contribution >= 4 is 27.5 Å². The lowest BCUT2D eigenvalue weighted by Crippen LogP contribution is -2.52. The molecule has 2 amide bonds. The van der Waals surface area contributed by atoms with E-state index in [-0.39, 0.29) is 41.4 Å². The van der Waals surface area contributed by atoms with Crippen LogP contribution in [0.3, 0.4) is 0 Å². The van der Waals surface area contributed by atoms with Crippen LogP contribution in [0.5, 0.6) is 11.5 Å². The van der Waals surface area contributed by atoms with Crippen molar-refractivity contribution in [1.29, 1.82) is 0 Å². The summed E-state index contributed by atoms with van der Waals surface area (Å²) in [6.07, 6.45) is 3.69. The monoisotopic (exact) mass is 613 g/mol. The summed E-state index contributed by atoms with van der Waals surface area (Å²) in [6, 6.07) is 13.4. The van der Waals surface area contributed by atoms with Crippen molar-refractivity contribution in [1.82, 2.24) is 10.2 Å².